The fourth-order valence-electron chi connectivity index (χ4n) is 1.52. The van der Waals surface area contributed by atoms with Crippen molar-refractivity contribution in [1.82, 2.24) is 10.3 Å². The van der Waals surface area contributed by atoms with Gasteiger partial charge in [0.25, 0.3) is 0 Å². The minimum Gasteiger partial charge on any atom is -0.445 e. The van der Waals surface area contributed by atoms with E-state index in [-0.39, 0.29) is 13.2 Å². The second-order valence-electron chi connectivity index (χ2n) is 4.08. The molecule has 0 spiro atoms. The van der Waals surface area contributed by atoms with E-state index in [0.717, 1.165) is 5.56 Å². The lowest BCUT2D eigenvalue weighted by Gasteiger charge is -2.04. The third kappa shape index (κ3) is 5.33. The summed E-state index contributed by atoms with van der Waals surface area (Å²) in [6.07, 6.45) is 0.787. The molecule has 4 nitrogen and oxygen atoms in total. The Morgan fingerprint density at radius 3 is 2.86 bits per heavy atom. The zero-order valence-electron chi connectivity index (χ0n) is 11.2. The number of benzene rings is 1. The van der Waals surface area contributed by atoms with Crippen molar-refractivity contribution in [2.24, 2.45) is 0 Å². The standard InChI is InChI=1S/C16H13FN2O2/c17-15-11-13(8-10-18-15)7-4-9-19-16(20)21-12-14-5-2-1-3-6-14/h1-3,5-6,8,10-11H,9,12H2,(H,19,20). The van der Waals surface area contributed by atoms with E-state index < -0.39 is 12.0 Å². The zero-order valence-corrected chi connectivity index (χ0v) is 11.2. The van der Waals surface area contributed by atoms with Crippen molar-refractivity contribution < 1.29 is 13.9 Å². The summed E-state index contributed by atoms with van der Waals surface area (Å²) in [5.74, 6) is 4.83. The maximum atomic E-state index is 12.8. The molecule has 0 aliphatic heterocycles. The van der Waals surface area contributed by atoms with Crippen LogP contribution in [0, 0.1) is 17.8 Å². The van der Waals surface area contributed by atoms with Gasteiger partial charge in [0.15, 0.2) is 0 Å². The lowest BCUT2D eigenvalue weighted by Crippen LogP contribution is -2.24. The van der Waals surface area contributed by atoms with Gasteiger partial charge in [0, 0.05) is 17.8 Å². The topological polar surface area (TPSA) is 51.2 Å². The molecule has 0 saturated heterocycles. The van der Waals surface area contributed by atoms with Gasteiger partial charge >= 0.3 is 6.09 Å². The molecule has 0 aliphatic carbocycles. The van der Waals surface area contributed by atoms with Gasteiger partial charge in [0.1, 0.15) is 6.61 Å². The molecule has 1 aromatic heterocycles. The van der Waals surface area contributed by atoms with Crippen molar-refractivity contribution in [3.8, 4) is 11.8 Å². The molecule has 106 valence electrons. The van der Waals surface area contributed by atoms with E-state index in [1.165, 1.54) is 12.3 Å². The third-order valence-electron chi connectivity index (χ3n) is 2.49. The first kappa shape index (κ1) is 14.5. The molecule has 0 bridgehead atoms. The molecule has 5 heteroatoms. The summed E-state index contributed by atoms with van der Waals surface area (Å²) in [5.41, 5.74) is 1.41. The number of hydrogen-bond donors (Lipinski definition) is 1. The lowest BCUT2D eigenvalue weighted by atomic mass is 10.2. The quantitative estimate of drug-likeness (QED) is 0.696. The Kier molecular flexibility index (Phi) is 5.30. The minimum absolute atomic E-state index is 0.123. The number of nitrogens with one attached hydrogen (secondary N) is 1. The first-order valence-electron chi connectivity index (χ1n) is 6.29. The molecule has 2 aromatic rings. The molecule has 21 heavy (non-hydrogen) atoms. The van der Waals surface area contributed by atoms with Crippen molar-refractivity contribution in [1.29, 1.82) is 0 Å². The predicted molar refractivity (Wildman–Crippen MR) is 75.7 cm³/mol. The van der Waals surface area contributed by atoms with Crippen LogP contribution in [-0.4, -0.2) is 17.6 Å². The molecule has 1 N–H and O–H groups in total. The molecule has 0 radical (unpaired) electrons. The van der Waals surface area contributed by atoms with Crippen LogP contribution in [0.4, 0.5) is 9.18 Å². The van der Waals surface area contributed by atoms with Gasteiger partial charge in [-0.25, -0.2) is 9.78 Å². The summed E-state index contributed by atoms with van der Waals surface area (Å²) >= 11 is 0. The van der Waals surface area contributed by atoms with Gasteiger partial charge in [0.05, 0.1) is 6.54 Å². The van der Waals surface area contributed by atoms with Crippen LogP contribution in [0.3, 0.4) is 0 Å². The zero-order chi connectivity index (χ0) is 14.9. The highest BCUT2D eigenvalue weighted by Crippen LogP contribution is 2.00. The van der Waals surface area contributed by atoms with Gasteiger partial charge in [-0.2, -0.15) is 4.39 Å². The van der Waals surface area contributed by atoms with E-state index in [0.29, 0.717) is 5.56 Å². The first-order valence-corrected chi connectivity index (χ1v) is 6.29. The number of halogens is 1. The average Bonchev–Trinajstić information content (AvgIpc) is 2.51. The number of amides is 1. The number of carbonyl (C=O) groups excluding carboxylic acids is 1. The summed E-state index contributed by atoms with van der Waals surface area (Å²) in [5, 5.41) is 2.49. The van der Waals surface area contributed by atoms with Gasteiger partial charge in [-0.05, 0) is 11.6 Å². The van der Waals surface area contributed by atoms with E-state index >= 15 is 0 Å². The number of ether oxygens (including phenoxy) is 1. The SMILES string of the molecule is O=C(NCC#Cc1ccnc(F)c1)OCc1ccccc1. The van der Waals surface area contributed by atoms with E-state index in [9.17, 15) is 9.18 Å². The highest BCUT2D eigenvalue weighted by atomic mass is 19.1. The Hall–Kier alpha value is -2.87. The summed E-state index contributed by atoms with van der Waals surface area (Å²) in [4.78, 5) is 14.8. The van der Waals surface area contributed by atoms with E-state index in [1.807, 2.05) is 30.3 Å². The van der Waals surface area contributed by atoms with Gasteiger partial charge in [0.2, 0.25) is 5.95 Å². The third-order valence-corrected chi connectivity index (χ3v) is 2.49. The summed E-state index contributed by atoms with van der Waals surface area (Å²) in [6, 6.07) is 12.2. The average molecular weight is 284 g/mol. The molecule has 1 amide bonds. The van der Waals surface area contributed by atoms with Crippen LogP contribution in [-0.2, 0) is 11.3 Å². The van der Waals surface area contributed by atoms with E-state index in [4.69, 9.17) is 4.74 Å². The molecular formula is C16H13FN2O2. The molecule has 1 aromatic carbocycles. The van der Waals surface area contributed by atoms with Gasteiger partial charge < -0.3 is 10.1 Å². The number of hydrogen-bond acceptors (Lipinski definition) is 3. The normalized spacial score (nSPS) is 9.38. The van der Waals surface area contributed by atoms with E-state index in [1.54, 1.807) is 6.07 Å². The van der Waals surface area contributed by atoms with Crippen LogP contribution in [0.25, 0.3) is 0 Å². The van der Waals surface area contributed by atoms with Crippen molar-refractivity contribution in [2.45, 2.75) is 6.61 Å². The smallest absolute Gasteiger partial charge is 0.408 e. The molecule has 0 aliphatic rings. The van der Waals surface area contributed by atoms with Crippen molar-refractivity contribution in [3.63, 3.8) is 0 Å². The van der Waals surface area contributed by atoms with Crippen LogP contribution in [0.5, 0.6) is 0 Å². The van der Waals surface area contributed by atoms with Gasteiger partial charge in [-0.15, -0.1) is 0 Å². The summed E-state index contributed by atoms with van der Waals surface area (Å²) in [6.45, 7) is 0.327. The molecule has 0 saturated carbocycles. The van der Waals surface area contributed by atoms with Crippen molar-refractivity contribution >= 4 is 6.09 Å². The van der Waals surface area contributed by atoms with Crippen LogP contribution in [0.1, 0.15) is 11.1 Å². The Labute approximate surface area is 122 Å². The molecule has 1 heterocycles. The minimum atomic E-state index is -0.586. The lowest BCUT2D eigenvalue weighted by molar-refractivity contribution is 0.141. The molecule has 0 fully saturated rings. The van der Waals surface area contributed by atoms with Crippen LogP contribution >= 0.6 is 0 Å². The van der Waals surface area contributed by atoms with Gasteiger partial charge in [-0.3, -0.25) is 0 Å². The maximum Gasteiger partial charge on any atom is 0.408 e. The van der Waals surface area contributed by atoms with Crippen molar-refractivity contribution in [3.05, 3.63) is 65.7 Å². The predicted octanol–water partition coefficient (Wildman–Crippen LogP) is 2.50. The number of carbonyl (C=O) groups is 1. The highest BCUT2D eigenvalue weighted by molar-refractivity contribution is 5.67. The highest BCUT2D eigenvalue weighted by Gasteiger charge is 2.00. The maximum absolute atomic E-state index is 12.8. The Morgan fingerprint density at radius 1 is 1.29 bits per heavy atom. The van der Waals surface area contributed by atoms with Crippen LogP contribution in [0.15, 0.2) is 48.7 Å². The monoisotopic (exact) mass is 284 g/mol. The van der Waals surface area contributed by atoms with Crippen molar-refractivity contribution in [2.75, 3.05) is 6.54 Å². The Balaban J connectivity index is 1.72. The largest absolute Gasteiger partial charge is 0.445 e. The molecular weight excluding hydrogens is 271 g/mol. The second-order valence-corrected chi connectivity index (χ2v) is 4.08. The number of rotatable bonds is 3. The number of alkyl carbamates (subject to hydrolysis) is 1. The first-order chi connectivity index (χ1) is 10.2. The second kappa shape index (κ2) is 7.65. The number of nitrogens with zero attached hydrogens (tertiary/aromatic N) is 1. The van der Waals surface area contributed by atoms with Crippen LogP contribution < -0.4 is 5.32 Å². The fraction of sp³-hybridized carbons (Fsp3) is 0.125. The molecule has 2 rings (SSSR count). The summed E-state index contributed by atoms with van der Waals surface area (Å²) in [7, 11) is 0. The Morgan fingerprint density at radius 2 is 2.10 bits per heavy atom. The van der Waals surface area contributed by atoms with Gasteiger partial charge in [-0.1, -0.05) is 42.2 Å². The molecule has 0 atom stereocenters. The van der Waals surface area contributed by atoms with E-state index in [2.05, 4.69) is 22.1 Å². The number of aromatic nitrogens is 1. The summed E-state index contributed by atoms with van der Waals surface area (Å²) < 4.78 is 17.8. The number of pyridine rings is 1. The van der Waals surface area contributed by atoms with Crippen LogP contribution in [0.2, 0.25) is 0 Å². The Bertz CT molecular complexity index is 663. The molecule has 0 unspecified atom stereocenters. The fourth-order valence-corrected chi connectivity index (χ4v) is 1.52.